The molecule has 1 amide bonds. The lowest BCUT2D eigenvalue weighted by molar-refractivity contribution is 0.0919. The summed E-state index contributed by atoms with van der Waals surface area (Å²) in [6.45, 7) is 3.95. The van der Waals surface area contributed by atoms with Gasteiger partial charge in [-0.1, -0.05) is 36.8 Å². The molecule has 1 atom stereocenters. The Hall–Kier alpha value is -1.65. The van der Waals surface area contributed by atoms with Crippen molar-refractivity contribution in [2.75, 3.05) is 6.61 Å². The maximum Gasteiger partial charge on any atom is 0.262 e. The lowest BCUT2D eigenvalue weighted by Gasteiger charge is -2.14. The van der Waals surface area contributed by atoms with Gasteiger partial charge in [-0.3, -0.25) is 4.79 Å². The van der Waals surface area contributed by atoms with Gasteiger partial charge in [0.15, 0.2) is 0 Å². The molecule has 0 aliphatic heterocycles. The fourth-order valence-electron chi connectivity index (χ4n) is 1.97. The van der Waals surface area contributed by atoms with Crippen LogP contribution in [0.4, 0.5) is 0 Å². The number of carbonyl (C=O) groups excluding carboxylic acids is 1. The summed E-state index contributed by atoms with van der Waals surface area (Å²) < 4.78 is 0. The van der Waals surface area contributed by atoms with Crippen molar-refractivity contribution < 1.29 is 9.90 Å². The summed E-state index contributed by atoms with van der Waals surface area (Å²) in [5, 5.41) is 14.0. The number of aliphatic hydroxyl groups is 1. The molecular formula is C16H19NO2S. The van der Waals surface area contributed by atoms with Crippen LogP contribution < -0.4 is 5.32 Å². The first-order valence-corrected chi connectivity index (χ1v) is 7.60. The van der Waals surface area contributed by atoms with Crippen LogP contribution in [0.2, 0.25) is 0 Å². The topological polar surface area (TPSA) is 49.3 Å². The smallest absolute Gasteiger partial charge is 0.262 e. The van der Waals surface area contributed by atoms with E-state index in [9.17, 15) is 9.90 Å². The Labute approximate surface area is 123 Å². The average Bonchev–Trinajstić information content (AvgIpc) is 2.94. The second-order valence-corrected chi connectivity index (χ2v) is 5.71. The number of aliphatic hydroxyl groups excluding tert-OH is 1. The Morgan fingerprint density at radius 2 is 2.00 bits per heavy atom. The number of rotatable bonds is 5. The predicted molar refractivity (Wildman–Crippen MR) is 83.1 cm³/mol. The fourth-order valence-corrected chi connectivity index (χ4v) is 2.79. The van der Waals surface area contributed by atoms with Gasteiger partial charge in [-0.05, 0) is 30.4 Å². The molecule has 1 aromatic carbocycles. The highest BCUT2D eigenvalue weighted by atomic mass is 32.1. The summed E-state index contributed by atoms with van der Waals surface area (Å²) in [6.07, 6.45) is 0.716. The van der Waals surface area contributed by atoms with Gasteiger partial charge in [0.05, 0.1) is 17.5 Å². The van der Waals surface area contributed by atoms with E-state index in [0.29, 0.717) is 11.3 Å². The SMILES string of the molecule is CCC(CO)NC(=O)c1sccc1-c1ccc(C)cc1. The van der Waals surface area contributed by atoms with E-state index in [2.05, 4.69) is 5.32 Å². The van der Waals surface area contributed by atoms with E-state index in [4.69, 9.17) is 0 Å². The maximum absolute atomic E-state index is 12.3. The van der Waals surface area contributed by atoms with Crippen LogP contribution in [0.25, 0.3) is 11.1 Å². The molecule has 1 aromatic heterocycles. The van der Waals surface area contributed by atoms with Crippen molar-refractivity contribution in [3.05, 3.63) is 46.2 Å². The van der Waals surface area contributed by atoms with Crippen molar-refractivity contribution in [1.82, 2.24) is 5.32 Å². The third-order valence-electron chi connectivity index (χ3n) is 3.28. The average molecular weight is 289 g/mol. The largest absolute Gasteiger partial charge is 0.394 e. The molecule has 4 heteroatoms. The van der Waals surface area contributed by atoms with Crippen LogP contribution in [0.1, 0.15) is 28.6 Å². The molecule has 1 unspecified atom stereocenters. The monoisotopic (exact) mass is 289 g/mol. The number of hydrogen-bond donors (Lipinski definition) is 2. The molecule has 20 heavy (non-hydrogen) atoms. The predicted octanol–water partition coefficient (Wildman–Crippen LogP) is 3.22. The number of nitrogens with one attached hydrogen (secondary N) is 1. The molecular weight excluding hydrogens is 270 g/mol. The first kappa shape index (κ1) is 14.8. The van der Waals surface area contributed by atoms with Crippen molar-refractivity contribution in [3.63, 3.8) is 0 Å². The van der Waals surface area contributed by atoms with Crippen LogP contribution >= 0.6 is 11.3 Å². The summed E-state index contributed by atoms with van der Waals surface area (Å²) in [5.74, 6) is -0.114. The van der Waals surface area contributed by atoms with Gasteiger partial charge in [0, 0.05) is 5.56 Å². The van der Waals surface area contributed by atoms with E-state index in [0.717, 1.165) is 11.1 Å². The standard InChI is InChI=1S/C16H19NO2S/c1-3-13(10-18)17-16(19)15-14(8-9-20-15)12-6-4-11(2)5-7-12/h4-9,13,18H,3,10H2,1-2H3,(H,17,19). The van der Waals surface area contributed by atoms with Crippen LogP contribution in [-0.2, 0) is 0 Å². The first-order chi connectivity index (χ1) is 9.65. The van der Waals surface area contributed by atoms with E-state index < -0.39 is 0 Å². The van der Waals surface area contributed by atoms with E-state index >= 15 is 0 Å². The number of benzene rings is 1. The Kier molecular flexibility index (Phi) is 4.93. The van der Waals surface area contributed by atoms with Gasteiger partial charge in [0.1, 0.15) is 0 Å². The zero-order chi connectivity index (χ0) is 14.5. The highest BCUT2D eigenvalue weighted by Crippen LogP contribution is 2.28. The third-order valence-corrected chi connectivity index (χ3v) is 4.20. The van der Waals surface area contributed by atoms with E-state index in [1.165, 1.54) is 16.9 Å². The van der Waals surface area contributed by atoms with Crippen molar-refractivity contribution in [2.45, 2.75) is 26.3 Å². The minimum absolute atomic E-state index is 0.0342. The first-order valence-electron chi connectivity index (χ1n) is 6.72. The Morgan fingerprint density at radius 3 is 2.60 bits per heavy atom. The van der Waals surface area contributed by atoms with E-state index in [1.54, 1.807) is 0 Å². The fraction of sp³-hybridized carbons (Fsp3) is 0.312. The zero-order valence-corrected chi connectivity index (χ0v) is 12.5. The molecule has 106 valence electrons. The molecule has 0 aliphatic rings. The molecule has 0 saturated heterocycles. The summed E-state index contributed by atoms with van der Waals surface area (Å²) in [7, 11) is 0. The number of carbonyl (C=O) groups is 1. The lowest BCUT2D eigenvalue weighted by atomic mass is 10.0. The zero-order valence-electron chi connectivity index (χ0n) is 11.7. The Bertz CT molecular complexity index is 570. The van der Waals surface area contributed by atoms with Gasteiger partial charge in [-0.2, -0.15) is 0 Å². The molecule has 1 heterocycles. The van der Waals surface area contributed by atoms with Gasteiger partial charge in [0.2, 0.25) is 0 Å². The number of thiophene rings is 1. The second-order valence-electron chi connectivity index (χ2n) is 4.79. The maximum atomic E-state index is 12.3. The molecule has 0 fully saturated rings. The molecule has 2 rings (SSSR count). The van der Waals surface area contributed by atoms with Crippen molar-refractivity contribution >= 4 is 17.2 Å². The highest BCUT2D eigenvalue weighted by molar-refractivity contribution is 7.12. The molecule has 3 nitrogen and oxygen atoms in total. The summed E-state index contributed by atoms with van der Waals surface area (Å²) in [4.78, 5) is 13.0. The summed E-state index contributed by atoms with van der Waals surface area (Å²) in [5.41, 5.74) is 3.18. The van der Waals surface area contributed by atoms with Gasteiger partial charge in [-0.25, -0.2) is 0 Å². The van der Waals surface area contributed by atoms with Crippen LogP contribution in [0.5, 0.6) is 0 Å². The third kappa shape index (κ3) is 3.26. The van der Waals surface area contributed by atoms with E-state index in [1.807, 2.05) is 49.6 Å². The normalized spacial score (nSPS) is 12.2. The van der Waals surface area contributed by atoms with Gasteiger partial charge < -0.3 is 10.4 Å². The summed E-state index contributed by atoms with van der Waals surface area (Å²) in [6, 6.07) is 9.91. The van der Waals surface area contributed by atoms with Crippen molar-refractivity contribution in [3.8, 4) is 11.1 Å². The molecule has 2 aromatic rings. The summed E-state index contributed by atoms with van der Waals surface area (Å²) >= 11 is 1.43. The second kappa shape index (κ2) is 6.68. The number of hydrogen-bond acceptors (Lipinski definition) is 3. The minimum atomic E-state index is -0.185. The minimum Gasteiger partial charge on any atom is -0.394 e. The molecule has 0 spiro atoms. The van der Waals surface area contributed by atoms with Crippen molar-refractivity contribution in [2.24, 2.45) is 0 Å². The van der Waals surface area contributed by atoms with Crippen LogP contribution in [0, 0.1) is 6.92 Å². The highest BCUT2D eigenvalue weighted by Gasteiger charge is 2.17. The Balaban J connectivity index is 2.24. The lowest BCUT2D eigenvalue weighted by Crippen LogP contribution is -2.36. The Morgan fingerprint density at radius 1 is 1.30 bits per heavy atom. The van der Waals surface area contributed by atoms with Crippen molar-refractivity contribution in [1.29, 1.82) is 0 Å². The molecule has 2 N–H and O–H groups in total. The van der Waals surface area contributed by atoms with Crippen LogP contribution in [-0.4, -0.2) is 23.7 Å². The molecule has 0 bridgehead atoms. The molecule has 0 radical (unpaired) electrons. The number of aryl methyl sites for hydroxylation is 1. The quantitative estimate of drug-likeness (QED) is 0.888. The van der Waals surface area contributed by atoms with Gasteiger partial charge >= 0.3 is 0 Å². The van der Waals surface area contributed by atoms with Gasteiger partial charge in [0.25, 0.3) is 5.91 Å². The number of amides is 1. The van der Waals surface area contributed by atoms with Gasteiger partial charge in [-0.15, -0.1) is 11.3 Å². The van der Waals surface area contributed by atoms with E-state index in [-0.39, 0.29) is 18.6 Å². The molecule has 0 aliphatic carbocycles. The van der Waals surface area contributed by atoms with Crippen LogP contribution in [0.15, 0.2) is 35.7 Å². The molecule has 0 saturated carbocycles. The van der Waals surface area contributed by atoms with Crippen LogP contribution in [0.3, 0.4) is 0 Å².